The van der Waals surface area contributed by atoms with E-state index in [4.69, 9.17) is 5.73 Å². The number of carbonyl (C=O) groups is 1. The highest BCUT2D eigenvalue weighted by Crippen LogP contribution is 2.22. The molecule has 0 bridgehead atoms. The number of benzene rings is 1. The lowest BCUT2D eigenvalue weighted by atomic mass is 9.89. The van der Waals surface area contributed by atoms with Crippen LogP contribution in [0, 0.1) is 5.92 Å². The van der Waals surface area contributed by atoms with Crippen LogP contribution in [0.4, 0.5) is 0 Å². The smallest absolute Gasteiger partial charge is 0.221 e. The Morgan fingerprint density at radius 2 is 1.80 bits per heavy atom. The van der Waals surface area contributed by atoms with Gasteiger partial charge in [-0.05, 0) is 30.7 Å². The maximum absolute atomic E-state index is 12.1. The minimum atomic E-state index is 0. The van der Waals surface area contributed by atoms with E-state index in [0.717, 1.165) is 32.6 Å². The summed E-state index contributed by atoms with van der Waals surface area (Å²) in [5, 5.41) is 3.13. The van der Waals surface area contributed by atoms with Gasteiger partial charge in [-0.15, -0.1) is 12.4 Å². The fourth-order valence-corrected chi connectivity index (χ4v) is 3.45. The van der Waals surface area contributed by atoms with Crippen molar-refractivity contribution >= 4 is 18.3 Å². The van der Waals surface area contributed by atoms with E-state index >= 15 is 0 Å². The molecule has 1 saturated carbocycles. The second kappa shape index (κ2) is 13.2. The van der Waals surface area contributed by atoms with Gasteiger partial charge in [-0.1, -0.05) is 49.6 Å². The van der Waals surface area contributed by atoms with Crippen molar-refractivity contribution in [2.45, 2.75) is 44.9 Å². The maximum Gasteiger partial charge on any atom is 0.221 e. The van der Waals surface area contributed by atoms with E-state index in [-0.39, 0.29) is 18.3 Å². The molecule has 0 aliphatic heterocycles. The zero-order chi connectivity index (χ0) is 17.0. The quantitative estimate of drug-likeness (QED) is 0.668. The first-order valence-electron chi connectivity index (χ1n) is 9.51. The predicted molar refractivity (Wildman–Crippen MR) is 107 cm³/mol. The van der Waals surface area contributed by atoms with E-state index in [0.29, 0.717) is 18.9 Å². The Morgan fingerprint density at radius 3 is 2.48 bits per heavy atom. The van der Waals surface area contributed by atoms with Crippen molar-refractivity contribution in [1.82, 2.24) is 10.2 Å². The van der Waals surface area contributed by atoms with Gasteiger partial charge in [-0.2, -0.15) is 0 Å². The lowest BCUT2D eigenvalue weighted by Gasteiger charge is -2.23. The van der Waals surface area contributed by atoms with Crippen LogP contribution in [0.25, 0.3) is 0 Å². The van der Waals surface area contributed by atoms with Crippen molar-refractivity contribution in [2.24, 2.45) is 11.7 Å². The van der Waals surface area contributed by atoms with Crippen LogP contribution in [0.3, 0.4) is 0 Å². The number of nitrogens with two attached hydrogens (primary N) is 1. The lowest BCUT2D eigenvalue weighted by molar-refractivity contribution is -0.121. The third-order valence-electron chi connectivity index (χ3n) is 4.97. The molecule has 5 heteroatoms. The van der Waals surface area contributed by atoms with Crippen LogP contribution in [0.1, 0.15) is 44.1 Å². The predicted octanol–water partition coefficient (Wildman–Crippen LogP) is 3.00. The molecule has 0 saturated heterocycles. The van der Waals surface area contributed by atoms with Crippen molar-refractivity contribution < 1.29 is 4.79 Å². The van der Waals surface area contributed by atoms with Gasteiger partial charge in [0.25, 0.3) is 0 Å². The molecule has 0 heterocycles. The van der Waals surface area contributed by atoms with E-state index < -0.39 is 0 Å². The van der Waals surface area contributed by atoms with Crippen molar-refractivity contribution in [3.8, 4) is 0 Å². The molecule has 1 fully saturated rings. The Hall–Kier alpha value is -1.10. The standard InChI is InChI=1S/C20H33N3O.ClH/c21-13-16-23(14-11-18-7-3-1-4-8-18)15-12-20(24)22-17-19-9-5-2-6-10-19;/h1,3-4,7-8,19H,2,5-6,9-17,21H2,(H,22,24);1H. The molecule has 0 atom stereocenters. The topological polar surface area (TPSA) is 58.4 Å². The van der Waals surface area contributed by atoms with Gasteiger partial charge < -0.3 is 16.0 Å². The summed E-state index contributed by atoms with van der Waals surface area (Å²) in [7, 11) is 0. The molecule has 4 nitrogen and oxygen atoms in total. The van der Waals surface area contributed by atoms with Crippen LogP contribution in [0.15, 0.2) is 30.3 Å². The Balaban J connectivity index is 0.00000312. The van der Waals surface area contributed by atoms with Crippen LogP contribution >= 0.6 is 12.4 Å². The number of hydrogen-bond acceptors (Lipinski definition) is 3. The molecule has 1 aromatic rings. The normalized spacial score (nSPS) is 15.0. The van der Waals surface area contributed by atoms with E-state index in [1.54, 1.807) is 0 Å². The molecular formula is C20H34ClN3O. The van der Waals surface area contributed by atoms with Crippen LogP contribution in [0.5, 0.6) is 0 Å². The lowest BCUT2D eigenvalue weighted by Crippen LogP contribution is -2.36. The van der Waals surface area contributed by atoms with Crippen LogP contribution < -0.4 is 11.1 Å². The summed E-state index contributed by atoms with van der Waals surface area (Å²) in [6.45, 7) is 4.10. The third-order valence-corrected chi connectivity index (χ3v) is 4.97. The summed E-state index contributed by atoms with van der Waals surface area (Å²) in [4.78, 5) is 14.4. The molecule has 0 radical (unpaired) electrons. The largest absolute Gasteiger partial charge is 0.356 e. The Bertz CT molecular complexity index is 463. The summed E-state index contributed by atoms with van der Waals surface area (Å²) < 4.78 is 0. The molecule has 1 aliphatic rings. The molecule has 0 aromatic heterocycles. The van der Waals surface area contributed by atoms with Gasteiger partial charge in [0.2, 0.25) is 5.91 Å². The molecule has 0 unspecified atom stereocenters. The number of rotatable bonds is 10. The highest BCUT2D eigenvalue weighted by Gasteiger charge is 2.14. The number of amides is 1. The number of carbonyl (C=O) groups excluding carboxylic acids is 1. The molecular weight excluding hydrogens is 334 g/mol. The van der Waals surface area contributed by atoms with Crippen molar-refractivity contribution in [3.05, 3.63) is 35.9 Å². The maximum atomic E-state index is 12.1. The molecule has 1 amide bonds. The average Bonchev–Trinajstić information content (AvgIpc) is 2.64. The highest BCUT2D eigenvalue weighted by atomic mass is 35.5. The van der Waals surface area contributed by atoms with E-state index in [9.17, 15) is 4.79 Å². The number of nitrogens with zero attached hydrogens (tertiary/aromatic N) is 1. The zero-order valence-electron chi connectivity index (χ0n) is 15.3. The SMILES string of the molecule is Cl.NCCN(CCC(=O)NCC1CCCCC1)CCc1ccccc1. The van der Waals surface area contributed by atoms with Crippen molar-refractivity contribution in [2.75, 3.05) is 32.7 Å². The van der Waals surface area contributed by atoms with Gasteiger partial charge in [0.1, 0.15) is 0 Å². The fraction of sp³-hybridized carbons (Fsp3) is 0.650. The molecule has 25 heavy (non-hydrogen) atoms. The summed E-state index contributed by atoms with van der Waals surface area (Å²) in [6.07, 6.45) is 8.13. The molecule has 142 valence electrons. The minimum Gasteiger partial charge on any atom is -0.356 e. The highest BCUT2D eigenvalue weighted by molar-refractivity contribution is 5.85. The first kappa shape index (κ1) is 21.9. The van der Waals surface area contributed by atoms with E-state index in [1.807, 2.05) is 6.07 Å². The fourth-order valence-electron chi connectivity index (χ4n) is 3.45. The monoisotopic (exact) mass is 367 g/mol. The molecule has 1 aromatic carbocycles. The zero-order valence-corrected chi connectivity index (χ0v) is 16.1. The third kappa shape index (κ3) is 9.24. The summed E-state index contributed by atoms with van der Waals surface area (Å²) in [5.74, 6) is 0.878. The first-order chi connectivity index (χ1) is 11.8. The van der Waals surface area contributed by atoms with Gasteiger partial charge >= 0.3 is 0 Å². The van der Waals surface area contributed by atoms with Crippen LogP contribution in [-0.2, 0) is 11.2 Å². The van der Waals surface area contributed by atoms with Gasteiger partial charge in [0.05, 0.1) is 0 Å². The van der Waals surface area contributed by atoms with Gasteiger partial charge in [-0.25, -0.2) is 0 Å². The molecule has 3 N–H and O–H groups in total. The van der Waals surface area contributed by atoms with Crippen molar-refractivity contribution in [1.29, 1.82) is 0 Å². The summed E-state index contributed by atoms with van der Waals surface area (Å²) in [5.41, 5.74) is 7.05. The molecule has 1 aliphatic carbocycles. The van der Waals surface area contributed by atoms with E-state index in [2.05, 4.69) is 34.5 Å². The van der Waals surface area contributed by atoms with Crippen LogP contribution in [0.2, 0.25) is 0 Å². The number of nitrogens with one attached hydrogen (secondary N) is 1. The van der Waals surface area contributed by atoms with Gasteiger partial charge in [-0.3, -0.25) is 4.79 Å². The van der Waals surface area contributed by atoms with Crippen LogP contribution in [-0.4, -0.2) is 43.5 Å². The Labute approximate surface area is 158 Å². The van der Waals surface area contributed by atoms with Gasteiger partial charge in [0, 0.05) is 39.1 Å². The number of halogens is 1. The Morgan fingerprint density at radius 1 is 1.08 bits per heavy atom. The molecule has 2 rings (SSSR count). The van der Waals surface area contributed by atoms with Crippen molar-refractivity contribution in [3.63, 3.8) is 0 Å². The summed E-state index contributed by atoms with van der Waals surface area (Å²) >= 11 is 0. The first-order valence-corrected chi connectivity index (χ1v) is 9.51. The second-order valence-corrected chi connectivity index (χ2v) is 6.92. The Kier molecular flexibility index (Phi) is 11.5. The minimum absolute atomic E-state index is 0. The number of hydrogen-bond donors (Lipinski definition) is 2. The average molecular weight is 368 g/mol. The van der Waals surface area contributed by atoms with E-state index in [1.165, 1.54) is 37.7 Å². The second-order valence-electron chi connectivity index (χ2n) is 6.92. The summed E-state index contributed by atoms with van der Waals surface area (Å²) in [6, 6.07) is 10.5. The molecule has 0 spiro atoms. The van der Waals surface area contributed by atoms with Gasteiger partial charge in [0.15, 0.2) is 0 Å².